The molecule has 3 rings (SSSR count). The third kappa shape index (κ3) is 3.97. The molecule has 2 aliphatic rings. The van der Waals surface area contributed by atoms with E-state index in [1.807, 2.05) is 38.7 Å². The molecule has 0 N–H and O–H groups in total. The minimum atomic E-state index is -0.494. The van der Waals surface area contributed by atoms with Gasteiger partial charge in [0.1, 0.15) is 5.60 Å². The van der Waals surface area contributed by atoms with E-state index in [0.717, 1.165) is 37.1 Å². The Labute approximate surface area is 149 Å². The van der Waals surface area contributed by atoms with Crippen molar-refractivity contribution in [1.29, 1.82) is 0 Å². The van der Waals surface area contributed by atoms with E-state index in [-0.39, 0.29) is 17.9 Å². The molecule has 5 heteroatoms. The zero-order valence-electron chi connectivity index (χ0n) is 15.7. The van der Waals surface area contributed by atoms with E-state index in [9.17, 15) is 9.59 Å². The van der Waals surface area contributed by atoms with Crippen LogP contribution in [0.3, 0.4) is 0 Å². The predicted molar refractivity (Wildman–Crippen MR) is 97.5 cm³/mol. The molecule has 0 aromatic heterocycles. The lowest BCUT2D eigenvalue weighted by atomic mass is 10.0. The van der Waals surface area contributed by atoms with Gasteiger partial charge in [0.25, 0.3) is 0 Å². The van der Waals surface area contributed by atoms with Crippen molar-refractivity contribution in [2.24, 2.45) is 5.92 Å². The van der Waals surface area contributed by atoms with Gasteiger partial charge in [-0.3, -0.25) is 4.79 Å². The first kappa shape index (κ1) is 17.8. The first-order valence-corrected chi connectivity index (χ1v) is 9.16. The molecule has 25 heavy (non-hydrogen) atoms. The number of anilines is 1. The van der Waals surface area contributed by atoms with Gasteiger partial charge in [-0.05, 0) is 63.3 Å². The van der Waals surface area contributed by atoms with Gasteiger partial charge in [-0.2, -0.15) is 0 Å². The second-order valence-corrected chi connectivity index (χ2v) is 8.14. The summed E-state index contributed by atoms with van der Waals surface area (Å²) in [5.74, 6) is 0.287. The van der Waals surface area contributed by atoms with E-state index in [1.54, 1.807) is 4.90 Å². The Morgan fingerprint density at radius 3 is 2.60 bits per heavy atom. The zero-order valence-corrected chi connectivity index (χ0v) is 15.7. The van der Waals surface area contributed by atoms with E-state index in [4.69, 9.17) is 4.74 Å². The fourth-order valence-electron chi connectivity index (χ4n) is 3.48. The van der Waals surface area contributed by atoms with Crippen molar-refractivity contribution >= 4 is 17.7 Å². The molecule has 5 nitrogen and oxygen atoms in total. The molecule has 0 bridgehead atoms. The van der Waals surface area contributed by atoms with E-state index in [1.165, 1.54) is 5.56 Å². The summed E-state index contributed by atoms with van der Waals surface area (Å²) in [5, 5.41) is 0. The van der Waals surface area contributed by atoms with E-state index < -0.39 is 5.60 Å². The van der Waals surface area contributed by atoms with Gasteiger partial charge in [-0.15, -0.1) is 0 Å². The van der Waals surface area contributed by atoms with Crippen LogP contribution in [0, 0.1) is 5.92 Å². The molecular weight excluding hydrogens is 316 g/mol. The highest BCUT2D eigenvalue weighted by Gasteiger charge is 2.30. The van der Waals surface area contributed by atoms with Crippen molar-refractivity contribution in [2.75, 3.05) is 18.0 Å². The van der Waals surface area contributed by atoms with Crippen molar-refractivity contribution in [3.8, 4) is 0 Å². The Kier molecular flexibility index (Phi) is 4.76. The van der Waals surface area contributed by atoms with Gasteiger partial charge >= 0.3 is 6.09 Å². The van der Waals surface area contributed by atoms with Crippen LogP contribution in [0.25, 0.3) is 0 Å². The minimum absolute atomic E-state index is 0.0945. The highest BCUT2D eigenvalue weighted by Crippen LogP contribution is 2.29. The summed E-state index contributed by atoms with van der Waals surface area (Å²) in [4.78, 5) is 28.4. The van der Waals surface area contributed by atoms with Crippen molar-refractivity contribution in [1.82, 2.24) is 4.90 Å². The minimum Gasteiger partial charge on any atom is -0.444 e. The SMILES string of the molecule is C[C@H]1CCN(c2ccc3c(c2)CN(C(=O)OC(C)(C)C)CCC3)C1=O. The maximum absolute atomic E-state index is 12.5. The predicted octanol–water partition coefficient (Wildman–Crippen LogP) is 3.74. The number of nitrogens with zero attached hydrogens (tertiary/aromatic N) is 2. The molecule has 2 heterocycles. The second-order valence-electron chi connectivity index (χ2n) is 8.14. The van der Waals surface area contributed by atoms with Crippen molar-refractivity contribution < 1.29 is 14.3 Å². The number of fused-ring (bicyclic) bond motifs is 1. The van der Waals surface area contributed by atoms with Crippen LogP contribution in [0.15, 0.2) is 18.2 Å². The van der Waals surface area contributed by atoms with E-state index >= 15 is 0 Å². The molecule has 0 aliphatic carbocycles. The van der Waals surface area contributed by atoms with Gasteiger partial charge in [-0.25, -0.2) is 4.79 Å². The average molecular weight is 344 g/mol. The molecule has 1 fully saturated rings. The second kappa shape index (κ2) is 6.70. The molecule has 0 unspecified atom stereocenters. The van der Waals surface area contributed by atoms with Gasteiger partial charge in [0.2, 0.25) is 5.91 Å². The van der Waals surface area contributed by atoms with Crippen LogP contribution < -0.4 is 4.90 Å². The summed E-state index contributed by atoms with van der Waals surface area (Å²) in [6.45, 7) is 9.64. The Morgan fingerprint density at radius 1 is 1.20 bits per heavy atom. The van der Waals surface area contributed by atoms with Crippen LogP contribution in [0.4, 0.5) is 10.5 Å². The van der Waals surface area contributed by atoms with Gasteiger partial charge in [0, 0.05) is 31.2 Å². The van der Waals surface area contributed by atoms with Crippen molar-refractivity contribution in [3.05, 3.63) is 29.3 Å². The van der Waals surface area contributed by atoms with E-state index in [2.05, 4.69) is 12.1 Å². The molecule has 1 aromatic carbocycles. The summed E-state index contributed by atoms with van der Waals surface area (Å²) in [7, 11) is 0. The first-order chi connectivity index (χ1) is 11.7. The quantitative estimate of drug-likeness (QED) is 0.780. The summed E-state index contributed by atoms with van der Waals surface area (Å²) in [6.07, 6.45) is 2.50. The summed E-state index contributed by atoms with van der Waals surface area (Å²) < 4.78 is 5.53. The van der Waals surface area contributed by atoms with Gasteiger partial charge < -0.3 is 14.5 Å². The number of amides is 2. The van der Waals surface area contributed by atoms with Crippen LogP contribution in [-0.4, -0.2) is 35.6 Å². The lowest BCUT2D eigenvalue weighted by Gasteiger charge is -2.27. The van der Waals surface area contributed by atoms with Crippen LogP contribution >= 0.6 is 0 Å². The van der Waals surface area contributed by atoms with Gasteiger partial charge in [0.05, 0.1) is 0 Å². The highest BCUT2D eigenvalue weighted by molar-refractivity contribution is 5.97. The number of hydrogen-bond acceptors (Lipinski definition) is 3. The normalized spacial score (nSPS) is 21.1. The maximum Gasteiger partial charge on any atom is 0.410 e. The largest absolute Gasteiger partial charge is 0.444 e. The topological polar surface area (TPSA) is 49.9 Å². The third-order valence-corrected chi connectivity index (χ3v) is 4.86. The number of benzene rings is 1. The zero-order chi connectivity index (χ0) is 18.2. The molecular formula is C20H28N2O3. The number of carbonyl (C=O) groups excluding carboxylic acids is 2. The molecule has 2 amide bonds. The van der Waals surface area contributed by atoms with Crippen molar-refractivity contribution in [2.45, 2.75) is 59.1 Å². The van der Waals surface area contributed by atoms with Crippen molar-refractivity contribution in [3.63, 3.8) is 0 Å². The smallest absolute Gasteiger partial charge is 0.410 e. The number of hydrogen-bond donors (Lipinski definition) is 0. The number of carbonyl (C=O) groups is 2. The molecule has 2 aliphatic heterocycles. The molecule has 1 aromatic rings. The first-order valence-electron chi connectivity index (χ1n) is 9.16. The van der Waals surface area contributed by atoms with E-state index in [0.29, 0.717) is 13.1 Å². The molecule has 1 saturated heterocycles. The molecule has 1 atom stereocenters. The lowest BCUT2D eigenvalue weighted by Crippen LogP contribution is -2.36. The van der Waals surface area contributed by atoms with Gasteiger partial charge in [-0.1, -0.05) is 13.0 Å². The Hall–Kier alpha value is -2.04. The lowest BCUT2D eigenvalue weighted by molar-refractivity contribution is -0.119. The standard InChI is InChI=1S/C20H28N2O3/c1-14-9-11-22(18(14)23)17-8-7-15-6-5-10-21(13-16(15)12-17)19(24)25-20(2,3)4/h7-8,12,14H,5-6,9-11,13H2,1-4H3/t14-/m0/s1. The Bertz CT molecular complexity index is 678. The van der Waals surface area contributed by atoms with Crippen LogP contribution in [0.1, 0.15) is 51.7 Å². The van der Waals surface area contributed by atoms with Gasteiger partial charge in [0.15, 0.2) is 0 Å². The third-order valence-electron chi connectivity index (χ3n) is 4.86. The summed E-state index contributed by atoms with van der Waals surface area (Å²) in [6, 6.07) is 6.23. The monoisotopic (exact) mass is 344 g/mol. The number of ether oxygens (including phenoxy) is 1. The Balaban J connectivity index is 1.81. The van der Waals surface area contributed by atoms with Crippen LogP contribution in [0.5, 0.6) is 0 Å². The number of rotatable bonds is 1. The maximum atomic E-state index is 12.5. The molecule has 0 radical (unpaired) electrons. The molecule has 0 saturated carbocycles. The fourth-order valence-corrected chi connectivity index (χ4v) is 3.48. The fraction of sp³-hybridized carbons (Fsp3) is 0.600. The average Bonchev–Trinajstić information content (AvgIpc) is 2.74. The summed E-state index contributed by atoms with van der Waals surface area (Å²) in [5.41, 5.74) is 2.83. The summed E-state index contributed by atoms with van der Waals surface area (Å²) >= 11 is 0. The van der Waals surface area contributed by atoms with Crippen LogP contribution in [0.2, 0.25) is 0 Å². The molecule has 136 valence electrons. The number of aryl methyl sites for hydroxylation is 1. The highest BCUT2D eigenvalue weighted by atomic mass is 16.6. The Morgan fingerprint density at radius 2 is 1.96 bits per heavy atom. The van der Waals surface area contributed by atoms with Crippen LogP contribution in [-0.2, 0) is 22.5 Å². The molecule has 0 spiro atoms.